The number of nitrogens with one attached hydrogen (secondary N) is 3. The fourth-order valence-electron chi connectivity index (χ4n) is 4.18. The van der Waals surface area contributed by atoms with Crippen LogP contribution in [0.4, 0.5) is 11.5 Å². The number of anilines is 1. The summed E-state index contributed by atoms with van der Waals surface area (Å²) in [6.07, 6.45) is 11.6. The number of H-pyrrole nitrogens is 1. The van der Waals surface area contributed by atoms with Crippen LogP contribution in [-0.2, 0) is 0 Å². The van der Waals surface area contributed by atoms with Crippen molar-refractivity contribution < 1.29 is 0 Å². The molecule has 2 unspecified atom stereocenters. The second-order valence-electron chi connectivity index (χ2n) is 8.00. The molecule has 0 radical (unpaired) electrons. The minimum atomic E-state index is 0.168. The lowest BCUT2D eigenvalue weighted by atomic mass is 9.92. The molecule has 2 atom stereocenters. The van der Waals surface area contributed by atoms with Crippen molar-refractivity contribution >= 4 is 17.7 Å². The third kappa shape index (κ3) is 4.85. The fraction of sp³-hybridized carbons (Fsp3) is 0.458. The molecule has 146 valence electrons. The molecular weight excluding hydrogens is 344 g/mol. The second-order valence-corrected chi connectivity index (χ2v) is 8.00. The summed E-state index contributed by atoms with van der Waals surface area (Å²) in [6, 6.07) is 11.5. The van der Waals surface area contributed by atoms with E-state index in [0.717, 1.165) is 17.9 Å². The molecule has 1 aliphatic carbocycles. The van der Waals surface area contributed by atoms with Crippen LogP contribution in [0.25, 0.3) is 0 Å². The van der Waals surface area contributed by atoms with Crippen molar-refractivity contribution in [2.24, 2.45) is 10.9 Å². The normalized spacial score (nSPS) is 22.0. The van der Waals surface area contributed by atoms with E-state index in [-0.39, 0.29) is 5.92 Å². The molecule has 2 aromatic rings. The molecule has 2 heterocycles. The second kappa shape index (κ2) is 9.12. The van der Waals surface area contributed by atoms with Gasteiger partial charge in [-0.05, 0) is 44.4 Å². The number of hydrogen-bond acceptors (Lipinski definition) is 3. The Kier molecular flexibility index (Phi) is 6.14. The SMILES string of the molecule is Cc1ccc(NCC#CC2C=Nc3[nH]ccc3C(NC3CCCCC3)C2)cc1. The van der Waals surface area contributed by atoms with Gasteiger partial charge in [-0.1, -0.05) is 48.8 Å². The molecular formula is C24H30N4. The fourth-order valence-corrected chi connectivity index (χ4v) is 4.18. The molecule has 4 heteroatoms. The molecule has 4 rings (SSSR count). The van der Waals surface area contributed by atoms with Crippen LogP contribution in [-0.4, -0.2) is 23.8 Å². The molecule has 1 aromatic carbocycles. The molecule has 0 amide bonds. The first kappa shape index (κ1) is 18.8. The predicted molar refractivity (Wildman–Crippen MR) is 117 cm³/mol. The van der Waals surface area contributed by atoms with Gasteiger partial charge in [-0.2, -0.15) is 0 Å². The van der Waals surface area contributed by atoms with Gasteiger partial charge < -0.3 is 15.6 Å². The molecule has 0 saturated heterocycles. The first-order valence-corrected chi connectivity index (χ1v) is 10.5. The lowest BCUT2D eigenvalue weighted by Crippen LogP contribution is -2.35. The van der Waals surface area contributed by atoms with Gasteiger partial charge in [0.05, 0.1) is 12.5 Å². The maximum absolute atomic E-state index is 4.67. The van der Waals surface area contributed by atoms with E-state index in [1.165, 1.54) is 43.2 Å². The largest absolute Gasteiger partial charge is 0.374 e. The van der Waals surface area contributed by atoms with E-state index >= 15 is 0 Å². The van der Waals surface area contributed by atoms with Crippen LogP contribution in [0.15, 0.2) is 41.5 Å². The van der Waals surface area contributed by atoms with Crippen molar-refractivity contribution in [2.45, 2.75) is 57.5 Å². The van der Waals surface area contributed by atoms with Crippen molar-refractivity contribution in [3.8, 4) is 11.8 Å². The summed E-state index contributed by atoms with van der Waals surface area (Å²) in [5.41, 5.74) is 3.66. The van der Waals surface area contributed by atoms with Gasteiger partial charge in [0.25, 0.3) is 0 Å². The van der Waals surface area contributed by atoms with Gasteiger partial charge in [-0.3, -0.25) is 0 Å². The van der Waals surface area contributed by atoms with E-state index in [1.807, 2.05) is 12.4 Å². The van der Waals surface area contributed by atoms with Crippen molar-refractivity contribution in [1.82, 2.24) is 10.3 Å². The summed E-state index contributed by atoms with van der Waals surface area (Å²) in [6.45, 7) is 2.75. The van der Waals surface area contributed by atoms with E-state index in [1.54, 1.807) is 0 Å². The monoisotopic (exact) mass is 374 g/mol. The molecule has 1 fully saturated rings. The van der Waals surface area contributed by atoms with Crippen molar-refractivity contribution in [3.63, 3.8) is 0 Å². The number of aromatic amines is 1. The van der Waals surface area contributed by atoms with Crippen LogP contribution in [0.2, 0.25) is 0 Å². The maximum atomic E-state index is 4.67. The number of fused-ring (bicyclic) bond motifs is 1. The highest BCUT2D eigenvalue weighted by atomic mass is 15.0. The average Bonchev–Trinajstić information content (AvgIpc) is 3.13. The van der Waals surface area contributed by atoms with Gasteiger partial charge >= 0.3 is 0 Å². The Morgan fingerprint density at radius 2 is 1.93 bits per heavy atom. The van der Waals surface area contributed by atoms with Gasteiger partial charge in [-0.25, -0.2) is 4.99 Å². The summed E-state index contributed by atoms with van der Waals surface area (Å²) in [7, 11) is 0. The summed E-state index contributed by atoms with van der Waals surface area (Å²) < 4.78 is 0. The zero-order chi connectivity index (χ0) is 19.2. The standard InChI is InChI=1S/C24H30N4/c1-18-9-11-20(12-10-18)25-14-5-6-19-16-23(28-21-7-3-2-4-8-21)22-13-15-26-24(22)27-17-19/h9-13,15,17,19,21,23,25-26,28H,2-4,7-8,14,16H2,1H3. The molecule has 1 saturated carbocycles. The van der Waals surface area contributed by atoms with Gasteiger partial charge in [0.1, 0.15) is 5.82 Å². The summed E-state index contributed by atoms with van der Waals surface area (Å²) in [5, 5.41) is 7.28. The molecule has 4 nitrogen and oxygen atoms in total. The number of rotatable bonds is 4. The molecule has 2 aliphatic rings. The van der Waals surface area contributed by atoms with E-state index in [9.17, 15) is 0 Å². The molecule has 3 N–H and O–H groups in total. The third-order valence-corrected chi connectivity index (χ3v) is 5.77. The topological polar surface area (TPSA) is 52.2 Å². The Balaban J connectivity index is 1.39. The summed E-state index contributed by atoms with van der Waals surface area (Å²) in [4.78, 5) is 7.95. The zero-order valence-electron chi connectivity index (χ0n) is 16.7. The van der Waals surface area contributed by atoms with Crippen molar-refractivity contribution in [3.05, 3.63) is 47.7 Å². The van der Waals surface area contributed by atoms with Gasteiger partial charge in [-0.15, -0.1) is 0 Å². The van der Waals surface area contributed by atoms with E-state index in [4.69, 9.17) is 0 Å². The lowest BCUT2D eigenvalue weighted by molar-refractivity contribution is 0.328. The van der Waals surface area contributed by atoms with E-state index in [2.05, 4.69) is 69.7 Å². The molecule has 0 spiro atoms. The number of benzene rings is 1. The average molecular weight is 375 g/mol. The van der Waals surface area contributed by atoms with Gasteiger partial charge in [0.15, 0.2) is 0 Å². The number of aromatic nitrogens is 1. The first-order valence-electron chi connectivity index (χ1n) is 10.5. The highest BCUT2D eigenvalue weighted by Gasteiger charge is 2.25. The Morgan fingerprint density at radius 3 is 2.75 bits per heavy atom. The molecule has 1 aliphatic heterocycles. The Bertz CT molecular complexity index is 847. The van der Waals surface area contributed by atoms with Crippen LogP contribution >= 0.6 is 0 Å². The van der Waals surface area contributed by atoms with Gasteiger partial charge in [0, 0.05) is 35.7 Å². The highest BCUT2D eigenvalue weighted by molar-refractivity contribution is 5.71. The number of nitrogens with zero attached hydrogens (tertiary/aromatic N) is 1. The minimum Gasteiger partial charge on any atom is -0.374 e. The van der Waals surface area contributed by atoms with Gasteiger partial charge in [0.2, 0.25) is 0 Å². The van der Waals surface area contributed by atoms with Crippen molar-refractivity contribution in [2.75, 3.05) is 11.9 Å². The van der Waals surface area contributed by atoms with E-state index < -0.39 is 0 Å². The molecule has 28 heavy (non-hydrogen) atoms. The number of hydrogen-bond donors (Lipinski definition) is 3. The van der Waals surface area contributed by atoms with Crippen LogP contribution in [0.3, 0.4) is 0 Å². The maximum Gasteiger partial charge on any atom is 0.134 e. The zero-order valence-corrected chi connectivity index (χ0v) is 16.7. The Hall–Kier alpha value is -2.51. The highest BCUT2D eigenvalue weighted by Crippen LogP contribution is 2.33. The van der Waals surface area contributed by atoms with Crippen LogP contribution in [0.1, 0.15) is 55.7 Å². The van der Waals surface area contributed by atoms with E-state index in [0.29, 0.717) is 18.6 Å². The molecule has 0 bridgehead atoms. The minimum absolute atomic E-state index is 0.168. The quantitative estimate of drug-likeness (QED) is 0.650. The number of aliphatic imine (C=N–C) groups is 1. The van der Waals surface area contributed by atoms with Crippen LogP contribution in [0.5, 0.6) is 0 Å². The number of aryl methyl sites for hydroxylation is 1. The smallest absolute Gasteiger partial charge is 0.134 e. The first-order chi connectivity index (χ1) is 13.8. The van der Waals surface area contributed by atoms with Crippen LogP contribution < -0.4 is 10.6 Å². The third-order valence-electron chi connectivity index (χ3n) is 5.77. The lowest BCUT2D eigenvalue weighted by Gasteiger charge is -2.28. The van der Waals surface area contributed by atoms with Crippen molar-refractivity contribution in [1.29, 1.82) is 0 Å². The Labute approximate surface area is 168 Å². The molecule has 1 aromatic heterocycles. The summed E-state index contributed by atoms with van der Waals surface area (Å²) in [5.74, 6) is 7.87. The van der Waals surface area contributed by atoms with Crippen LogP contribution in [0, 0.1) is 24.7 Å². The Morgan fingerprint density at radius 1 is 1.11 bits per heavy atom. The predicted octanol–water partition coefficient (Wildman–Crippen LogP) is 5.12. The summed E-state index contributed by atoms with van der Waals surface area (Å²) >= 11 is 0.